The monoisotopic (exact) mass is 349 g/mol. The number of amides is 1. The fourth-order valence-electron chi connectivity index (χ4n) is 3.11. The lowest BCUT2D eigenvalue weighted by Crippen LogP contribution is -2.43. The number of hydrogen-bond donors (Lipinski definition) is 0. The van der Waals surface area contributed by atoms with E-state index >= 15 is 0 Å². The lowest BCUT2D eigenvalue weighted by atomic mass is 10.2. The lowest BCUT2D eigenvalue weighted by molar-refractivity contribution is -0.133. The van der Waals surface area contributed by atoms with Crippen molar-refractivity contribution in [2.45, 2.75) is 25.9 Å². The van der Waals surface area contributed by atoms with Crippen LogP contribution in [0.1, 0.15) is 13.3 Å². The number of benzene rings is 1. The van der Waals surface area contributed by atoms with Gasteiger partial charge in [-0.2, -0.15) is 0 Å². The van der Waals surface area contributed by atoms with Gasteiger partial charge in [-0.3, -0.25) is 14.2 Å². The van der Waals surface area contributed by atoms with E-state index in [0.29, 0.717) is 23.9 Å². The highest BCUT2D eigenvalue weighted by Gasteiger charge is 2.33. The highest BCUT2D eigenvalue weighted by atomic mass is 32.2. The minimum Gasteiger partial charge on any atom is -0.337 e. The third kappa shape index (κ3) is 3.19. The van der Waals surface area contributed by atoms with Gasteiger partial charge in [0.15, 0.2) is 9.84 Å². The van der Waals surface area contributed by atoms with E-state index < -0.39 is 9.84 Å². The van der Waals surface area contributed by atoms with Gasteiger partial charge in [0, 0.05) is 12.6 Å². The van der Waals surface area contributed by atoms with Crippen LogP contribution in [0.4, 0.5) is 0 Å². The maximum Gasteiger partial charge on any atom is 0.261 e. The number of carbonyl (C=O) groups excluding carboxylic acids is 1. The van der Waals surface area contributed by atoms with Gasteiger partial charge in [-0.05, 0) is 25.5 Å². The molecule has 0 bridgehead atoms. The van der Waals surface area contributed by atoms with Crippen molar-refractivity contribution in [2.75, 3.05) is 18.1 Å². The molecule has 1 aromatic heterocycles. The van der Waals surface area contributed by atoms with Crippen LogP contribution in [0.25, 0.3) is 10.9 Å². The van der Waals surface area contributed by atoms with Crippen molar-refractivity contribution in [3.8, 4) is 0 Å². The Labute approximate surface area is 139 Å². The van der Waals surface area contributed by atoms with Crippen molar-refractivity contribution in [3.63, 3.8) is 0 Å². The average molecular weight is 349 g/mol. The number of likely N-dealkylation sites (N-methyl/N-ethyl adjacent to an activating group) is 1. The fraction of sp³-hybridized carbons (Fsp3) is 0.438. The Kier molecular flexibility index (Phi) is 4.40. The van der Waals surface area contributed by atoms with Gasteiger partial charge in [0.05, 0.1) is 28.7 Å². The van der Waals surface area contributed by atoms with E-state index in [-0.39, 0.29) is 35.6 Å². The first-order valence-electron chi connectivity index (χ1n) is 7.85. The predicted octanol–water partition coefficient (Wildman–Crippen LogP) is 0.432. The van der Waals surface area contributed by atoms with Gasteiger partial charge < -0.3 is 4.90 Å². The Hall–Kier alpha value is -2.22. The molecule has 2 aromatic rings. The Morgan fingerprint density at radius 3 is 2.79 bits per heavy atom. The zero-order valence-electron chi connectivity index (χ0n) is 13.4. The van der Waals surface area contributed by atoms with Crippen LogP contribution in [-0.2, 0) is 21.2 Å². The SMILES string of the molecule is CCN(C(=O)Cn1cnc2ccccc2c1=O)[C@@H]1CCS(=O)(=O)C1. The van der Waals surface area contributed by atoms with E-state index in [4.69, 9.17) is 0 Å². The summed E-state index contributed by atoms with van der Waals surface area (Å²) in [4.78, 5) is 30.8. The maximum absolute atomic E-state index is 12.6. The van der Waals surface area contributed by atoms with Gasteiger partial charge in [-0.15, -0.1) is 0 Å². The van der Waals surface area contributed by atoms with Gasteiger partial charge >= 0.3 is 0 Å². The molecular weight excluding hydrogens is 330 g/mol. The Morgan fingerprint density at radius 2 is 2.12 bits per heavy atom. The third-order valence-electron chi connectivity index (χ3n) is 4.35. The number of hydrogen-bond acceptors (Lipinski definition) is 5. The van der Waals surface area contributed by atoms with Gasteiger partial charge in [0.2, 0.25) is 5.91 Å². The topological polar surface area (TPSA) is 89.3 Å². The molecule has 1 amide bonds. The molecule has 1 atom stereocenters. The number of aromatic nitrogens is 2. The molecule has 1 aliphatic rings. The van der Waals surface area contributed by atoms with Gasteiger partial charge in [0.1, 0.15) is 6.54 Å². The summed E-state index contributed by atoms with van der Waals surface area (Å²) in [6.45, 7) is 2.08. The standard InChI is InChI=1S/C16H19N3O4S/c1-2-19(12-7-8-24(22,23)10-12)15(20)9-18-11-17-14-6-4-3-5-13(14)16(18)21/h3-6,11-12H,2,7-10H2,1H3/t12-/m1/s1. The smallest absolute Gasteiger partial charge is 0.261 e. The fourth-order valence-corrected chi connectivity index (χ4v) is 4.85. The van der Waals surface area contributed by atoms with Crippen molar-refractivity contribution < 1.29 is 13.2 Å². The van der Waals surface area contributed by atoms with Crippen LogP contribution < -0.4 is 5.56 Å². The second-order valence-electron chi connectivity index (χ2n) is 5.93. The molecule has 0 N–H and O–H groups in total. The summed E-state index contributed by atoms with van der Waals surface area (Å²) < 4.78 is 24.6. The summed E-state index contributed by atoms with van der Waals surface area (Å²) in [6.07, 6.45) is 1.81. The molecule has 0 saturated carbocycles. The quantitative estimate of drug-likeness (QED) is 0.799. The second-order valence-corrected chi connectivity index (χ2v) is 8.16. The highest BCUT2D eigenvalue weighted by molar-refractivity contribution is 7.91. The van der Waals surface area contributed by atoms with E-state index in [1.807, 2.05) is 6.92 Å². The first-order chi connectivity index (χ1) is 11.4. The van der Waals surface area contributed by atoms with E-state index in [1.165, 1.54) is 10.9 Å². The molecular formula is C16H19N3O4S. The molecule has 1 aliphatic heterocycles. The van der Waals surface area contributed by atoms with Crippen molar-refractivity contribution in [2.24, 2.45) is 0 Å². The first-order valence-corrected chi connectivity index (χ1v) is 9.67. The third-order valence-corrected chi connectivity index (χ3v) is 6.10. The molecule has 0 unspecified atom stereocenters. The summed E-state index contributed by atoms with van der Waals surface area (Å²) >= 11 is 0. The molecule has 128 valence electrons. The summed E-state index contributed by atoms with van der Waals surface area (Å²) in [6, 6.07) is 6.65. The molecule has 3 rings (SSSR count). The zero-order chi connectivity index (χ0) is 17.3. The molecule has 8 heteroatoms. The van der Waals surface area contributed by atoms with Gasteiger partial charge in [-0.25, -0.2) is 13.4 Å². The first kappa shape index (κ1) is 16.6. The molecule has 7 nitrogen and oxygen atoms in total. The number of carbonyl (C=O) groups is 1. The molecule has 0 spiro atoms. The minimum absolute atomic E-state index is 0.00253. The van der Waals surface area contributed by atoms with Crippen LogP contribution in [0.5, 0.6) is 0 Å². The second kappa shape index (κ2) is 6.35. The molecule has 1 aromatic carbocycles. The van der Waals surface area contributed by atoms with Crippen molar-refractivity contribution in [3.05, 3.63) is 40.9 Å². The Morgan fingerprint density at radius 1 is 1.38 bits per heavy atom. The minimum atomic E-state index is -3.07. The van der Waals surface area contributed by atoms with Crippen LogP contribution >= 0.6 is 0 Å². The zero-order valence-corrected chi connectivity index (χ0v) is 14.2. The van der Waals surface area contributed by atoms with Crippen molar-refractivity contribution >= 4 is 26.6 Å². The summed E-state index contributed by atoms with van der Waals surface area (Å²) in [5, 5.41) is 0.458. The van der Waals surface area contributed by atoms with Crippen LogP contribution in [0.15, 0.2) is 35.4 Å². The van der Waals surface area contributed by atoms with Crippen molar-refractivity contribution in [1.29, 1.82) is 0 Å². The van der Waals surface area contributed by atoms with Gasteiger partial charge in [-0.1, -0.05) is 12.1 Å². The maximum atomic E-state index is 12.6. The van der Waals surface area contributed by atoms with E-state index in [2.05, 4.69) is 4.98 Å². The summed E-state index contributed by atoms with van der Waals surface area (Å²) in [5.41, 5.74) is 0.310. The van der Waals surface area contributed by atoms with Crippen LogP contribution in [0, 0.1) is 0 Å². The number of sulfone groups is 1. The number of para-hydroxylation sites is 1. The number of rotatable bonds is 4. The van der Waals surface area contributed by atoms with Gasteiger partial charge in [0.25, 0.3) is 5.56 Å². The molecule has 0 radical (unpaired) electrons. The van der Waals surface area contributed by atoms with E-state index in [1.54, 1.807) is 29.2 Å². The summed E-state index contributed by atoms with van der Waals surface area (Å²) in [5.74, 6) is -0.158. The molecule has 1 fully saturated rings. The number of fused-ring (bicyclic) bond motifs is 1. The normalized spacial score (nSPS) is 19.5. The van der Waals surface area contributed by atoms with Crippen molar-refractivity contribution in [1.82, 2.24) is 14.5 Å². The highest BCUT2D eigenvalue weighted by Crippen LogP contribution is 2.18. The Bertz CT molecular complexity index is 936. The Balaban J connectivity index is 1.83. The van der Waals surface area contributed by atoms with Crippen LogP contribution in [0.2, 0.25) is 0 Å². The molecule has 1 saturated heterocycles. The molecule has 0 aliphatic carbocycles. The number of nitrogens with zero attached hydrogens (tertiary/aromatic N) is 3. The largest absolute Gasteiger partial charge is 0.337 e. The lowest BCUT2D eigenvalue weighted by Gasteiger charge is -2.27. The van der Waals surface area contributed by atoms with E-state index in [0.717, 1.165) is 0 Å². The molecule has 2 heterocycles. The predicted molar refractivity (Wildman–Crippen MR) is 90.4 cm³/mol. The average Bonchev–Trinajstić information content (AvgIpc) is 2.91. The molecule has 24 heavy (non-hydrogen) atoms. The van der Waals surface area contributed by atoms with Crippen LogP contribution in [-0.4, -0.2) is 52.9 Å². The van der Waals surface area contributed by atoms with Crippen LogP contribution in [0.3, 0.4) is 0 Å². The van der Waals surface area contributed by atoms with E-state index in [9.17, 15) is 18.0 Å². The summed E-state index contributed by atoms with van der Waals surface area (Å²) in [7, 11) is -3.07.